The first-order valence-corrected chi connectivity index (χ1v) is 8.78. The van der Waals surface area contributed by atoms with E-state index in [9.17, 15) is 4.79 Å². The standard InChI is InChI=1S/C18H27N3O3/c1-23-11-12-24-17-7-4-5-15(13-17)19-18(22)21-10-9-20-8-3-2-6-16(20)14-21/h4-5,7,13,16H,2-3,6,8-12,14H2,1H3,(H,19,22)/t16-/m1/s1. The molecule has 6 heteroatoms. The minimum atomic E-state index is -0.0192. The summed E-state index contributed by atoms with van der Waals surface area (Å²) in [5, 5.41) is 3.00. The Balaban J connectivity index is 1.53. The van der Waals surface area contributed by atoms with Gasteiger partial charge in [0.05, 0.1) is 6.61 Å². The Hall–Kier alpha value is -1.79. The van der Waals surface area contributed by atoms with Gasteiger partial charge in [0, 0.05) is 44.5 Å². The third kappa shape index (κ3) is 4.39. The van der Waals surface area contributed by atoms with Gasteiger partial charge in [-0.1, -0.05) is 12.5 Å². The third-order valence-electron chi connectivity index (χ3n) is 4.77. The van der Waals surface area contributed by atoms with Crippen LogP contribution in [0, 0.1) is 0 Å². The van der Waals surface area contributed by atoms with Crippen LogP contribution in [0.4, 0.5) is 10.5 Å². The molecule has 0 aromatic heterocycles. The largest absolute Gasteiger partial charge is 0.491 e. The summed E-state index contributed by atoms with van der Waals surface area (Å²) < 4.78 is 10.6. The van der Waals surface area contributed by atoms with Crippen molar-refractivity contribution in [1.82, 2.24) is 9.80 Å². The van der Waals surface area contributed by atoms with Crippen molar-refractivity contribution in [1.29, 1.82) is 0 Å². The number of hydrogen-bond donors (Lipinski definition) is 1. The van der Waals surface area contributed by atoms with E-state index < -0.39 is 0 Å². The van der Waals surface area contributed by atoms with E-state index in [1.807, 2.05) is 29.2 Å². The monoisotopic (exact) mass is 333 g/mol. The van der Waals surface area contributed by atoms with Gasteiger partial charge in [-0.2, -0.15) is 0 Å². The highest BCUT2D eigenvalue weighted by Crippen LogP contribution is 2.22. The molecule has 0 bridgehead atoms. The van der Waals surface area contributed by atoms with Crippen molar-refractivity contribution in [3.05, 3.63) is 24.3 Å². The SMILES string of the molecule is COCCOc1cccc(NC(=O)N2CCN3CCCC[C@@H]3C2)c1. The number of urea groups is 1. The number of nitrogens with one attached hydrogen (secondary N) is 1. The van der Waals surface area contributed by atoms with Gasteiger partial charge in [0.25, 0.3) is 0 Å². The van der Waals surface area contributed by atoms with Crippen LogP contribution >= 0.6 is 0 Å². The Bertz CT molecular complexity index is 552. The van der Waals surface area contributed by atoms with Crippen molar-refractivity contribution >= 4 is 11.7 Å². The fourth-order valence-electron chi connectivity index (χ4n) is 3.45. The molecule has 2 heterocycles. The Morgan fingerprint density at radius 2 is 2.17 bits per heavy atom. The quantitative estimate of drug-likeness (QED) is 0.841. The van der Waals surface area contributed by atoms with Crippen molar-refractivity contribution in [2.75, 3.05) is 51.8 Å². The van der Waals surface area contributed by atoms with Gasteiger partial charge < -0.3 is 19.7 Å². The van der Waals surface area contributed by atoms with Crippen LogP contribution in [0.3, 0.4) is 0 Å². The van der Waals surface area contributed by atoms with E-state index in [1.165, 1.54) is 25.8 Å². The molecule has 0 spiro atoms. The van der Waals surface area contributed by atoms with E-state index in [1.54, 1.807) is 7.11 Å². The molecule has 2 aliphatic heterocycles. The predicted molar refractivity (Wildman–Crippen MR) is 93.6 cm³/mol. The lowest BCUT2D eigenvalue weighted by Crippen LogP contribution is -2.56. The highest BCUT2D eigenvalue weighted by molar-refractivity contribution is 5.89. The van der Waals surface area contributed by atoms with Crippen LogP contribution < -0.4 is 10.1 Å². The van der Waals surface area contributed by atoms with Crippen molar-refractivity contribution in [3.63, 3.8) is 0 Å². The number of hydrogen-bond acceptors (Lipinski definition) is 4. The average molecular weight is 333 g/mol. The Labute approximate surface area is 143 Å². The van der Waals surface area contributed by atoms with E-state index in [0.29, 0.717) is 19.3 Å². The van der Waals surface area contributed by atoms with E-state index in [2.05, 4.69) is 10.2 Å². The zero-order valence-corrected chi connectivity index (χ0v) is 14.4. The molecule has 0 radical (unpaired) electrons. The fourth-order valence-corrected chi connectivity index (χ4v) is 3.45. The molecule has 0 aliphatic carbocycles. The zero-order valence-electron chi connectivity index (χ0n) is 14.4. The predicted octanol–water partition coefficient (Wildman–Crippen LogP) is 2.41. The fraction of sp³-hybridized carbons (Fsp3) is 0.611. The number of benzene rings is 1. The van der Waals surface area contributed by atoms with Crippen LogP contribution in [0.15, 0.2) is 24.3 Å². The van der Waals surface area contributed by atoms with Crippen LogP contribution in [-0.2, 0) is 4.74 Å². The minimum absolute atomic E-state index is 0.0192. The number of piperidine rings is 1. The second-order valence-electron chi connectivity index (χ2n) is 6.43. The van der Waals surface area contributed by atoms with Gasteiger partial charge in [0.1, 0.15) is 12.4 Å². The number of carbonyl (C=O) groups is 1. The molecule has 2 saturated heterocycles. The number of rotatable bonds is 5. The summed E-state index contributed by atoms with van der Waals surface area (Å²) in [4.78, 5) is 17.0. The Morgan fingerprint density at radius 1 is 1.25 bits per heavy atom. The number of piperazine rings is 1. The number of ether oxygens (including phenoxy) is 2. The van der Waals surface area contributed by atoms with Gasteiger partial charge in [-0.05, 0) is 31.5 Å². The molecular weight excluding hydrogens is 306 g/mol. The summed E-state index contributed by atoms with van der Waals surface area (Å²) in [5.41, 5.74) is 0.765. The summed E-state index contributed by atoms with van der Waals surface area (Å²) in [7, 11) is 1.64. The maximum Gasteiger partial charge on any atom is 0.321 e. The van der Waals surface area contributed by atoms with Gasteiger partial charge >= 0.3 is 6.03 Å². The first-order valence-electron chi connectivity index (χ1n) is 8.78. The van der Waals surface area contributed by atoms with Crippen molar-refractivity contribution in [3.8, 4) is 5.75 Å². The van der Waals surface area contributed by atoms with Gasteiger partial charge in [0.2, 0.25) is 0 Å². The smallest absolute Gasteiger partial charge is 0.321 e. The van der Waals surface area contributed by atoms with Crippen LogP contribution in [-0.4, -0.2) is 68.4 Å². The zero-order chi connectivity index (χ0) is 16.8. The molecule has 24 heavy (non-hydrogen) atoms. The van der Waals surface area contributed by atoms with Gasteiger partial charge in [-0.15, -0.1) is 0 Å². The van der Waals surface area contributed by atoms with E-state index in [0.717, 1.165) is 31.1 Å². The van der Waals surface area contributed by atoms with E-state index >= 15 is 0 Å². The minimum Gasteiger partial charge on any atom is -0.491 e. The number of anilines is 1. The van der Waals surface area contributed by atoms with Crippen molar-refractivity contribution in [2.24, 2.45) is 0 Å². The molecule has 6 nitrogen and oxygen atoms in total. The molecular formula is C18H27N3O3. The molecule has 0 unspecified atom stereocenters. The maximum absolute atomic E-state index is 12.5. The second kappa shape index (κ2) is 8.35. The highest BCUT2D eigenvalue weighted by Gasteiger charge is 2.30. The number of methoxy groups -OCH3 is 1. The normalized spacial score (nSPS) is 21.2. The lowest BCUT2D eigenvalue weighted by Gasteiger charge is -2.43. The topological polar surface area (TPSA) is 54.0 Å². The average Bonchev–Trinajstić information content (AvgIpc) is 2.62. The molecule has 3 rings (SSSR count). The van der Waals surface area contributed by atoms with Crippen LogP contribution in [0.25, 0.3) is 0 Å². The second-order valence-corrected chi connectivity index (χ2v) is 6.43. The van der Waals surface area contributed by atoms with Gasteiger partial charge in [-0.3, -0.25) is 4.90 Å². The summed E-state index contributed by atoms with van der Waals surface area (Å²) in [5.74, 6) is 0.738. The first-order chi connectivity index (χ1) is 11.8. The molecule has 2 fully saturated rings. The molecule has 1 aromatic rings. The lowest BCUT2D eigenvalue weighted by molar-refractivity contribution is 0.0678. The molecule has 1 N–H and O–H groups in total. The molecule has 1 aromatic carbocycles. The summed E-state index contributed by atoms with van der Waals surface area (Å²) in [6, 6.07) is 8.02. The van der Waals surface area contributed by atoms with Crippen molar-refractivity contribution in [2.45, 2.75) is 25.3 Å². The Morgan fingerprint density at radius 3 is 3.04 bits per heavy atom. The highest BCUT2D eigenvalue weighted by atomic mass is 16.5. The van der Waals surface area contributed by atoms with E-state index in [4.69, 9.17) is 9.47 Å². The van der Waals surface area contributed by atoms with Gasteiger partial charge in [0.15, 0.2) is 0 Å². The number of amides is 2. The molecule has 2 aliphatic rings. The lowest BCUT2D eigenvalue weighted by atomic mass is 10.00. The van der Waals surface area contributed by atoms with Crippen LogP contribution in [0.1, 0.15) is 19.3 Å². The molecule has 0 saturated carbocycles. The third-order valence-corrected chi connectivity index (χ3v) is 4.77. The number of carbonyl (C=O) groups excluding carboxylic acids is 1. The first kappa shape index (κ1) is 17.0. The Kier molecular flexibility index (Phi) is 5.93. The molecule has 2 amide bonds. The summed E-state index contributed by atoms with van der Waals surface area (Å²) in [6.45, 7) is 4.83. The van der Waals surface area contributed by atoms with Crippen LogP contribution in [0.2, 0.25) is 0 Å². The number of fused-ring (bicyclic) bond motifs is 1. The summed E-state index contributed by atoms with van der Waals surface area (Å²) in [6.07, 6.45) is 3.77. The van der Waals surface area contributed by atoms with Crippen molar-refractivity contribution < 1.29 is 14.3 Å². The molecule has 1 atom stereocenters. The van der Waals surface area contributed by atoms with E-state index in [-0.39, 0.29) is 6.03 Å². The van der Waals surface area contributed by atoms with Crippen LogP contribution in [0.5, 0.6) is 5.75 Å². The maximum atomic E-state index is 12.5. The van der Waals surface area contributed by atoms with Gasteiger partial charge in [-0.25, -0.2) is 4.79 Å². The summed E-state index contributed by atoms with van der Waals surface area (Å²) >= 11 is 0. The molecule has 132 valence electrons. The number of nitrogens with zero attached hydrogens (tertiary/aromatic N) is 2.